The molecule has 0 aromatic heterocycles. The van der Waals surface area contributed by atoms with Crippen LogP contribution in [0.15, 0.2) is 53.4 Å². The van der Waals surface area contributed by atoms with E-state index in [1.165, 1.54) is 5.56 Å². The van der Waals surface area contributed by atoms with Crippen molar-refractivity contribution in [3.8, 4) is 0 Å². The number of nitrogens with one attached hydrogen (secondary N) is 1. The number of benzene rings is 2. The summed E-state index contributed by atoms with van der Waals surface area (Å²) >= 11 is 0. The lowest BCUT2D eigenvalue weighted by Gasteiger charge is -2.33. The van der Waals surface area contributed by atoms with Crippen LogP contribution in [0.2, 0.25) is 0 Å². The minimum absolute atomic E-state index is 0.0894. The maximum absolute atomic E-state index is 12.5. The summed E-state index contributed by atoms with van der Waals surface area (Å²) in [6, 6.07) is 15.7. The monoisotopic (exact) mass is 388 g/mol. The normalized spacial score (nSPS) is 18.5. The molecule has 146 valence electrons. The number of morpholine rings is 1. The van der Waals surface area contributed by atoms with Crippen LogP contribution < -0.4 is 4.72 Å². The highest BCUT2D eigenvalue weighted by Crippen LogP contribution is 2.22. The van der Waals surface area contributed by atoms with Gasteiger partial charge < -0.3 is 4.74 Å². The Morgan fingerprint density at radius 3 is 2.70 bits per heavy atom. The van der Waals surface area contributed by atoms with Gasteiger partial charge in [0, 0.05) is 19.6 Å². The van der Waals surface area contributed by atoms with Gasteiger partial charge in [-0.1, -0.05) is 42.5 Å². The standard InChI is InChI=1S/C21H28N2O3S/c1-17-9-10-18(2)21(15-17)27(24,25)22-11-6-12-23-13-14-26-20(16-23)19-7-4-3-5-8-19/h3-5,7-10,15,20,22H,6,11-14,16H2,1-2H3/t20-/m1/s1. The van der Waals surface area contributed by atoms with Crippen molar-refractivity contribution in [2.24, 2.45) is 0 Å². The number of nitrogens with zero attached hydrogens (tertiary/aromatic N) is 1. The Kier molecular flexibility index (Phi) is 6.65. The fraction of sp³-hybridized carbons (Fsp3) is 0.429. The fourth-order valence-corrected chi connectivity index (χ4v) is 4.76. The van der Waals surface area contributed by atoms with Gasteiger partial charge >= 0.3 is 0 Å². The molecule has 1 atom stereocenters. The number of aryl methyl sites for hydroxylation is 2. The third-order valence-electron chi connectivity index (χ3n) is 4.90. The minimum atomic E-state index is -3.46. The highest BCUT2D eigenvalue weighted by molar-refractivity contribution is 7.89. The van der Waals surface area contributed by atoms with Crippen LogP contribution in [-0.4, -0.2) is 46.1 Å². The molecule has 1 saturated heterocycles. The molecule has 1 aliphatic heterocycles. The maximum Gasteiger partial charge on any atom is 0.240 e. The van der Waals surface area contributed by atoms with Crippen molar-refractivity contribution in [3.05, 3.63) is 65.2 Å². The van der Waals surface area contributed by atoms with E-state index in [-0.39, 0.29) is 6.10 Å². The molecule has 0 unspecified atom stereocenters. The second kappa shape index (κ2) is 8.97. The first-order valence-corrected chi connectivity index (χ1v) is 10.9. The van der Waals surface area contributed by atoms with Gasteiger partial charge in [0.2, 0.25) is 10.0 Å². The van der Waals surface area contributed by atoms with Crippen LogP contribution in [0.3, 0.4) is 0 Å². The van der Waals surface area contributed by atoms with Gasteiger partial charge in [0.05, 0.1) is 17.6 Å². The summed E-state index contributed by atoms with van der Waals surface area (Å²) in [4.78, 5) is 2.71. The molecule has 6 heteroatoms. The lowest BCUT2D eigenvalue weighted by molar-refractivity contribution is -0.0300. The van der Waals surface area contributed by atoms with Gasteiger partial charge in [0.15, 0.2) is 0 Å². The molecule has 2 aromatic carbocycles. The molecule has 0 radical (unpaired) electrons. The molecular weight excluding hydrogens is 360 g/mol. The Hall–Kier alpha value is -1.73. The molecule has 1 N–H and O–H groups in total. The summed E-state index contributed by atoms with van der Waals surface area (Å²) in [5, 5.41) is 0. The number of rotatable bonds is 7. The molecule has 2 aromatic rings. The lowest BCUT2D eigenvalue weighted by atomic mass is 10.1. The number of ether oxygens (including phenoxy) is 1. The summed E-state index contributed by atoms with van der Waals surface area (Å²) in [6.07, 6.45) is 0.859. The predicted octanol–water partition coefficient (Wildman–Crippen LogP) is 3.05. The van der Waals surface area contributed by atoms with Gasteiger partial charge in [-0.05, 0) is 49.6 Å². The van der Waals surface area contributed by atoms with Gasteiger partial charge in [-0.3, -0.25) is 4.90 Å². The van der Waals surface area contributed by atoms with Gasteiger partial charge in [-0.2, -0.15) is 0 Å². The second-order valence-electron chi connectivity index (χ2n) is 7.09. The van der Waals surface area contributed by atoms with Crippen LogP contribution in [0.4, 0.5) is 0 Å². The van der Waals surface area contributed by atoms with Crippen molar-refractivity contribution in [1.29, 1.82) is 0 Å². The van der Waals surface area contributed by atoms with Gasteiger partial charge in [0.1, 0.15) is 0 Å². The highest BCUT2D eigenvalue weighted by atomic mass is 32.2. The molecule has 0 saturated carbocycles. The van der Waals surface area contributed by atoms with Crippen LogP contribution in [0.25, 0.3) is 0 Å². The highest BCUT2D eigenvalue weighted by Gasteiger charge is 2.22. The van der Waals surface area contributed by atoms with E-state index in [9.17, 15) is 8.42 Å². The van der Waals surface area contributed by atoms with Crippen LogP contribution >= 0.6 is 0 Å². The average molecular weight is 389 g/mol. The van der Waals surface area contributed by atoms with E-state index in [0.717, 1.165) is 37.2 Å². The second-order valence-corrected chi connectivity index (χ2v) is 8.83. The van der Waals surface area contributed by atoms with Gasteiger partial charge in [-0.15, -0.1) is 0 Å². The number of sulfonamides is 1. The third kappa shape index (κ3) is 5.39. The summed E-state index contributed by atoms with van der Waals surface area (Å²) in [6.45, 7) is 7.44. The van der Waals surface area contributed by atoms with Crippen LogP contribution in [-0.2, 0) is 14.8 Å². The number of hydrogen-bond donors (Lipinski definition) is 1. The first-order valence-electron chi connectivity index (χ1n) is 9.41. The van der Waals surface area contributed by atoms with Crippen molar-refractivity contribution in [2.75, 3.05) is 32.8 Å². The van der Waals surface area contributed by atoms with E-state index in [1.54, 1.807) is 6.07 Å². The zero-order chi connectivity index (χ0) is 19.3. The number of hydrogen-bond acceptors (Lipinski definition) is 4. The van der Waals surface area contributed by atoms with E-state index < -0.39 is 10.0 Å². The quantitative estimate of drug-likeness (QED) is 0.741. The lowest BCUT2D eigenvalue weighted by Crippen LogP contribution is -2.39. The molecule has 1 heterocycles. The summed E-state index contributed by atoms with van der Waals surface area (Å²) in [5.74, 6) is 0. The van der Waals surface area contributed by atoms with Gasteiger partial charge in [0.25, 0.3) is 0 Å². The third-order valence-corrected chi connectivity index (χ3v) is 6.50. The summed E-state index contributed by atoms with van der Waals surface area (Å²) < 4.78 is 33.7. The molecule has 5 nitrogen and oxygen atoms in total. The van der Waals surface area contributed by atoms with E-state index in [0.29, 0.717) is 18.0 Å². The molecule has 3 rings (SSSR count). The van der Waals surface area contributed by atoms with Crippen molar-refractivity contribution in [2.45, 2.75) is 31.3 Å². The summed E-state index contributed by atoms with van der Waals surface area (Å²) in [7, 11) is -3.46. The Bertz CT molecular complexity index is 853. The molecule has 27 heavy (non-hydrogen) atoms. The largest absolute Gasteiger partial charge is 0.371 e. The first-order chi connectivity index (χ1) is 13.0. The van der Waals surface area contributed by atoms with Crippen LogP contribution in [0, 0.1) is 13.8 Å². The SMILES string of the molecule is Cc1ccc(C)c(S(=O)(=O)NCCCN2CCO[C@@H](c3ccccc3)C2)c1. The molecule has 0 amide bonds. The van der Waals surface area contributed by atoms with E-state index in [1.807, 2.05) is 44.2 Å². The van der Waals surface area contributed by atoms with Crippen LogP contribution in [0.5, 0.6) is 0 Å². The topological polar surface area (TPSA) is 58.6 Å². The predicted molar refractivity (Wildman–Crippen MR) is 107 cm³/mol. The van der Waals surface area contributed by atoms with E-state index in [2.05, 4.69) is 21.8 Å². The van der Waals surface area contributed by atoms with Crippen molar-refractivity contribution < 1.29 is 13.2 Å². The van der Waals surface area contributed by atoms with Crippen molar-refractivity contribution in [3.63, 3.8) is 0 Å². The van der Waals surface area contributed by atoms with Crippen molar-refractivity contribution in [1.82, 2.24) is 9.62 Å². The summed E-state index contributed by atoms with van der Waals surface area (Å²) in [5.41, 5.74) is 2.91. The average Bonchev–Trinajstić information content (AvgIpc) is 2.68. The van der Waals surface area contributed by atoms with Gasteiger partial charge in [-0.25, -0.2) is 13.1 Å². The first kappa shape index (κ1) is 20.0. The molecule has 1 aliphatic rings. The molecule has 1 fully saturated rings. The Morgan fingerprint density at radius 2 is 1.93 bits per heavy atom. The molecule has 0 spiro atoms. The zero-order valence-corrected chi connectivity index (χ0v) is 16.8. The zero-order valence-electron chi connectivity index (χ0n) is 16.0. The van der Waals surface area contributed by atoms with E-state index >= 15 is 0 Å². The van der Waals surface area contributed by atoms with Crippen molar-refractivity contribution >= 4 is 10.0 Å². The smallest absolute Gasteiger partial charge is 0.240 e. The van der Waals surface area contributed by atoms with Crippen LogP contribution in [0.1, 0.15) is 29.2 Å². The maximum atomic E-state index is 12.5. The Morgan fingerprint density at radius 1 is 1.15 bits per heavy atom. The Balaban J connectivity index is 1.49. The Labute approximate surface area is 162 Å². The minimum Gasteiger partial charge on any atom is -0.371 e. The fourth-order valence-electron chi connectivity index (χ4n) is 3.36. The van der Waals surface area contributed by atoms with E-state index in [4.69, 9.17) is 4.74 Å². The molecule has 0 bridgehead atoms. The molecular formula is C21H28N2O3S. The molecule has 0 aliphatic carbocycles.